The summed E-state index contributed by atoms with van der Waals surface area (Å²) in [5.74, 6) is 0.571. The van der Waals surface area contributed by atoms with Gasteiger partial charge in [0.2, 0.25) is 15.9 Å². The molecule has 0 saturated heterocycles. The zero-order valence-corrected chi connectivity index (χ0v) is 15.9. The van der Waals surface area contributed by atoms with E-state index in [1.807, 2.05) is 27.7 Å². The third kappa shape index (κ3) is 6.13. The van der Waals surface area contributed by atoms with Crippen LogP contribution in [0, 0.1) is 0 Å². The lowest BCUT2D eigenvalue weighted by Crippen LogP contribution is -2.42. The van der Waals surface area contributed by atoms with Crippen LogP contribution in [0.1, 0.15) is 41.0 Å². The number of rotatable bonds is 9. The molecular formula is C17H28N2O4S. The summed E-state index contributed by atoms with van der Waals surface area (Å²) < 4.78 is 32.6. The Morgan fingerprint density at radius 3 is 2.25 bits per heavy atom. The lowest BCUT2D eigenvalue weighted by molar-refractivity contribution is -0.130. The highest BCUT2D eigenvalue weighted by Gasteiger charge is 2.18. The van der Waals surface area contributed by atoms with Crippen LogP contribution in [0.15, 0.2) is 29.2 Å². The van der Waals surface area contributed by atoms with Crippen LogP contribution in [0.3, 0.4) is 0 Å². The van der Waals surface area contributed by atoms with E-state index < -0.39 is 10.0 Å². The second-order valence-corrected chi connectivity index (χ2v) is 7.77. The normalized spacial score (nSPS) is 12.9. The smallest absolute Gasteiger partial charge is 0.240 e. The number of carbonyl (C=O) groups excluding carboxylic acids is 1. The van der Waals surface area contributed by atoms with Crippen LogP contribution in [-0.4, -0.2) is 44.5 Å². The Kier molecular flexibility index (Phi) is 7.69. The van der Waals surface area contributed by atoms with E-state index in [0.717, 1.165) is 6.42 Å². The Morgan fingerprint density at radius 1 is 1.21 bits per heavy atom. The van der Waals surface area contributed by atoms with E-state index in [1.54, 1.807) is 17.0 Å². The van der Waals surface area contributed by atoms with Gasteiger partial charge < -0.3 is 9.64 Å². The first-order valence-electron chi connectivity index (χ1n) is 8.21. The summed E-state index contributed by atoms with van der Waals surface area (Å²) in [7, 11) is -3.60. The van der Waals surface area contributed by atoms with E-state index in [0.29, 0.717) is 12.3 Å². The van der Waals surface area contributed by atoms with Crippen LogP contribution < -0.4 is 9.46 Å². The molecule has 0 spiro atoms. The standard InChI is InChI=1S/C17H28N2O4S/c1-6-14(4)19(15(5)20)12-11-18-24(21,22)17-9-7-16(8-10-17)23-13(2)3/h7-10,13-14,18H,6,11-12H2,1-5H3. The molecule has 1 unspecified atom stereocenters. The number of nitrogens with one attached hydrogen (secondary N) is 1. The van der Waals surface area contributed by atoms with Crippen molar-refractivity contribution in [2.75, 3.05) is 13.1 Å². The number of benzene rings is 1. The Labute approximate surface area is 145 Å². The van der Waals surface area contributed by atoms with Crippen LogP contribution in [0.5, 0.6) is 5.75 Å². The van der Waals surface area contributed by atoms with Gasteiger partial charge in [0.1, 0.15) is 5.75 Å². The van der Waals surface area contributed by atoms with Crippen molar-refractivity contribution in [2.24, 2.45) is 0 Å². The second-order valence-electron chi connectivity index (χ2n) is 6.01. The van der Waals surface area contributed by atoms with E-state index in [-0.39, 0.29) is 29.5 Å². The molecule has 0 aliphatic carbocycles. The highest BCUT2D eigenvalue weighted by molar-refractivity contribution is 7.89. The summed E-state index contributed by atoms with van der Waals surface area (Å²) in [6.07, 6.45) is 0.854. The van der Waals surface area contributed by atoms with Crippen LogP contribution >= 0.6 is 0 Å². The minimum absolute atomic E-state index is 0.0312. The molecule has 0 aliphatic rings. The Hall–Kier alpha value is -1.60. The maximum Gasteiger partial charge on any atom is 0.240 e. The van der Waals surface area contributed by atoms with E-state index in [4.69, 9.17) is 4.74 Å². The van der Waals surface area contributed by atoms with Crippen molar-refractivity contribution >= 4 is 15.9 Å². The molecule has 7 heteroatoms. The summed E-state index contributed by atoms with van der Waals surface area (Å²) in [6, 6.07) is 6.37. The summed E-state index contributed by atoms with van der Waals surface area (Å²) >= 11 is 0. The predicted molar refractivity (Wildman–Crippen MR) is 94.5 cm³/mol. The van der Waals surface area contributed by atoms with E-state index in [1.165, 1.54) is 19.1 Å². The number of ether oxygens (including phenoxy) is 1. The molecule has 136 valence electrons. The second kappa shape index (κ2) is 9.03. The molecule has 24 heavy (non-hydrogen) atoms. The highest BCUT2D eigenvalue weighted by Crippen LogP contribution is 2.17. The Balaban J connectivity index is 2.67. The summed E-state index contributed by atoms with van der Waals surface area (Å²) in [6.45, 7) is 9.77. The molecule has 0 fully saturated rings. The van der Waals surface area contributed by atoms with Crippen molar-refractivity contribution in [3.63, 3.8) is 0 Å². The minimum Gasteiger partial charge on any atom is -0.491 e. The van der Waals surface area contributed by atoms with Gasteiger partial charge in [-0.15, -0.1) is 0 Å². The van der Waals surface area contributed by atoms with Crippen molar-refractivity contribution < 1.29 is 17.9 Å². The quantitative estimate of drug-likeness (QED) is 0.737. The molecule has 6 nitrogen and oxygen atoms in total. The van der Waals surface area contributed by atoms with Gasteiger partial charge in [0.15, 0.2) is 0 Å². The van der Waals surface area contributed by atoms with E-state index >= 15 is 0 Å². The third-order valence-electron chi connectivity index (χ3n) is 3.68. The van der Waals surface area contributed by atoms with Gasteiger partial charge in [-0.3, -0.25) is 4.79 Å². The van der Waals surface area contributed by atoms with E-state index in [2.05, 4.69) is 4.72 Å². The average Bonchev–Trinajstić information content (AvgIpc) is 2.50. The number of sulfonamides is 1. The lowest BCUT2D eigenvalue weighted by Gasteiger charge is -2.27. The fourth-order valence-electron chi connectivity index (χ4n) is 2.26. The molecule has 0 bridgehead atoms. The number of hydrogen-bond donors (Lipinski definition) is 1. The first-order chi connectivity index (χ1) is 11.2. The molecule has 0 aromatic heterocycles. The zero-order chi connectivity index (χ0) is 18.3. The van der Waals surface area contributed by atoms with Gasteiger partial charge in [0.25, 0.3) is 0 Å². The number of amides is 1. The SMILES string of the molecule is CCC(C)N(CCNS(=O)(=O)c1ccc(OC(C)C)cc1)C(C)=O. The molecular weight excluding hydrogens is 328 g/mol. The van der Waals surface area contributed by atoms with Crippen LogP contribution in [-0.2, 0) is 14.8 Å². The fraction of sp³-hybridized carbons (Fsp3) is 0.588. The van der Waals surface area contributed by atoms with Gasteiger partial charge in [-0.2, -0.15) is 0 Å². The van der Waals surface area contributed by atoms with Crippen molar-refractivity contribution in [1.82, 2.24) is 9.62 Å². The number of hydrogen-bond acceptors (Lipinski definition) is 4. The molecule has 1 N–H and O–H groups in total. The lowest BCUT2D eigenvalue weighted by atomic mass is 10.2. The maximum absolute atomic E-state index is 12.3. The predicted octanol–water partition coefficient (Wildman–Crippen LogP) is 2.40. The van der Waals surface area contributed by atoms with Gasteiger partial charge in [0, 0.05) is 26.1 Å². The summed E-state index contributed by atoms with van der Waals surface area (Å²) in [4.78, 5) is 13.5. The third-order valence-corrected chi connectivity index (χ3v) is 5.15. The largest absolute Gasteiger partial charge is 0.491 e. The topological polar surface area (TPSA) is 75.7 Å². The van der Waals surface area contributed by atoms with Gasteiger partial charge in [0.05, 0.1) is 11.0 Å². The molecule has 1 rings (SSSR count). The Morgan fingerprint density at radius 2 is 1.79 bits per heavy atom. The molecule has 0 aliphatic heterocycles. The van der Waals surface area contributed by atoms with Crippen molar-refractivity contribution in [3.05, 3.63) is 24.3 Å². The van der Waals surface area contributed by atoms with Gasteiger partial charge in [-0.25, -0.2) is 13.1 Å². The summed E-state index contributed by atoms with van der Waals surface area (Å²) in [5.41, 5.74) is 0. The van der Waals surface area contributed by atoms with Gasteiger partial charge in [-0.05, 0) is 51.5 Å². The zero-order valence-electron chi connectivity index (χ0n) is 15.1. The molecule has 1 aromatic rings. The molecule has 1 atom stereocenters. The van der Waals surface area contributed by atoms with Gasteiger partial charge >= 0.3 is 0 Å². The monoisotopic (exact) mass is 356 g/mol. The number of carbonyl (C=O) groups is 1. The Bertz CT molecular complexity index is 626. The van der Waals surface area contributed by atoms with Crippen LogP contribution in [0.4, 0.5) is 0 Å². The maximum atomic E-state index is 12.3. The molecule has 0 radical (unpaired) electrons. The van der Waals surface area contributed by atoms with Crippen molar-refractivity contribution in [1.29, 1.82) is 0 Å². The highest BCUT2D eigenvalue weighted by atomic mass is 32.2. The first-order valence-corrected chi connectivity index (χ1v) is 9.69. The van der Waals surface area contributed by atoms with E-state index in [9.17, 15) is 13.2 Å². The van der Waals surface area contributed by atoms with Crippen molar-refractivity contribution in [3.8, 4) is 5.75 Å². The van der Waals surface area contributed by atoms with Crippen LogP contribution in [0.2, 0.25) is 0 Å². The molecule has 1 aromatic carbocycles. The number of nitrogens with zero attached hydrogens (tertiary/aromatic N) is 1. The summed E-state index contributed by atoms with van der Waals surface area (Å²) in [5, 5.41) is 0. The fourth-order valence-corrected chi connectivity index (χ4v) is 3.28. The molecule has 0 saturated carbocycles. The van der Waals surface area contributed by atoms with Gasteiger partial charge in [-0.1, -0.05) is 6.92 Å². The molecule has 1 amide bonds. The average molecular weight is 356 g/mol. The van der Waals surface area contributed by atoms with Crippen LogP contribution in [0.25, 0.3) is 0 Å². The first kappa shape index (κ1) is 20.4. The van der Waals surface area contributed by atoms with Crippen molar-refractivity contribution in [2.45, 2.75) is 58.1 Å². The minimum atomic E-state index is -3.60. The molecule has 0 heterocycles.